The molecule has 0 radical (unpaired) electrons. The molecular weight excluding hydrogens is 378 g/mol. The number of pyridine rings is 1. The highest BCUT2D eigenvalue weighted by Crippen LogP contribution is 2.31. The summed E-state index contributed by atoms with van der Waals surface area (Å²) >= 11 is 0. The molecule has 0 aliphatic heterocycles. The summed E-state index contributed by atoms with van der Waals surface area (Å²) < 4.78 is 2.30. The van der Waals surface area contributed by atoms with Gasteiger partial charge in [-0.3, -0.25) is 0 Å². The van der Waals surface area contributed by atoms with Crippen LogP contribution in [0.1, 0.15) is 69.1 Å². The first-order chi connectivity index (χ1) is 14.6. The van der Waals surface area contributed by atoms with Crippen molar-refractivity contribution in [1.29, 1.82) is 0 Å². The number of aromatic carboxylic acids is 1. The van der Waals surface area contributed by atoms with Gasteiger partial charge in [0.15, 0.2) is 5.82 Å². The highest BCUT2D eigenvalue weighted by molar-refractivity contribution is 6.08. The zero-order chi connectivity index (χ0) is 22.1. The Morgan fingerprint density at radius 3 is 2.57 bits per heavy atom. The lowest BCUT2D eigenvalue weighted by molar-refractivity contribution is 0.0697. The maximum Gasteiger partial charge on any atom is 0.335 e. The molecule has 0 aliphatic rings. The van der Waals surface area contributed by atoms with Crippen molar-refractivity contribution in [2.45, 2.75) is 65.8 Å². The molecule has 0 aliphatic carbocycles. The number of aryl methyl sites for hydroxylation is 2. The van der Waals surface area contributed by atoms with Gasteiger partial charge < -0.3 is 20.7 Å². The zero-order valence-electron chi connectivity index (χ0n) is 18.7. The van der Waals surface area contributed by atoms with Crippen LogP contribution in [0.15, 0.2) is 18.2 Å². The van der Waals surface area contributed by atoms with Crippen molar-refractivity contribution in [2.75, 3.05) is 18.9 Å². The van der Waals surface area contributed by atoms with Crippen molar-refractivity contribution in [1.82, 2.24) is 14.5 Å². The van der Waals surface area contributed by atoms with Gasteiger partial charge in [-0.05, 0) is 44.0 Å². The summed E-state index contributed by atoms with van der Waals surface area (Å²) in [6.45, 7) is 7.76. The van der Waals surface area contributed by atoms with E-state index in [1.807, 2.05) is 27.0 Å². The van der Waals surface area contributed by atoms with E-state index in [9.17, 15) is 9.90 Å². The lowest BCUT2D eigenvalue weighted by Crippen LogP contribution is -2.06. The van der Waals surface area contributed by atoms with Gasteiger partial charge >= 0.3 is 5.97 Å². The van der Waals surface area contributed by atoms with Crippen LogP contribution in [0, 0.1) is 0 Å². The maximum atomic E-state index is 11.4. The van der Waals surface area contributed by atoms with Crippen LogP contribution in [0.4, 0.5) is 5.82 Å². The predicted molar refractivity (Wildman–Crippen MR) is 124 cm³/mol. The molecule has 0 saturated carbocycles. The Balaban J connectivity index is 0.00000155. The number of benzene rings is 1. The molecule has 3 rings (SSSR count). The predicted octanol–water partition coefficient (Wildman–Crippen LogP) is 4.82. The highest BCUT2D eigenvalue weighted by atomic mass is 16.4. The number of unbranched alkanes of at least 4 members (excludes halogenated alkanes) is 3. The van der Waals surface area contributed by atoms with Gasteiger partial charge in [-0.25, -0.2) is 14.8 Å². The second-order valence-electron chi connectivity index (χ2n) is 7.08. The molecule has 0 saturated heterocycles. The van der Waals surface area contributed by atoms with E-state index in [2.05, 4.69) is 21.8 Å². The largest absolute Gasteiger partial charge is 0.478 e. The normalized spacial score (nSPS) is 10.8. The first kappa shape index (κ1) is 23.6. The van der Waals surface area contributed by atoms with Gasteiger partial charge in [0.2, 0.25) is 0 Å². The summed E-state index contributed by atoms with van der Waals surface area (Å²) in [5.74, 6) is 0.801. The molecule has 0 unspecified atom stereocenters. The molecule has 0 atom stereocenters. The van der Waals surface area contributed by atoms with Crippen LogP contribution in [0.2, 0.25) is 0 Å². The van der Waals surface area contributed by atoms with Crippen molar-refractivity contribution in [3.05, 3.63) is 29.6 Å². The number of carbonyl (C=O) groups is 1. The molecule has 3 aromatic rings. The Morgan fingerprint density at radius 1 is 1.17 bits per heavy atom. The van der Waals surface area contributed by atoms with E-state index in [0.717, 1.165) is 67.3 Å². The minimum absolute atomic E-state index is 0.238. The zero-order valence-corrected chi connectivity index (χ0v) is 18.7. The smallest absolute Gasteiger partial charge is 0.335 e. The minimum Gasteiger partial charge on any atom is -0.478 e. The fourth-order valence-corrected chi connectivity index (χ4v) is 3.60. The van der Waals surface area contributed by atoms with Crippen LogP contribution >= 0.6 is 0 Å². The van der Waals surface area contributed by atoms with Crippen molar-refractivity contribution < 1.29 is 9.90 Å². The lowest BCUT2D eigenvalue weighted by Gasteiger charge is -2.11. The molecule has 1 aromatic carbocycles. The molecule has 0 bridgehead atoms. The first-order valence-corrected chi connectivity index (χ1v) is 11.0. The molecule has 2 heterocycles. The van der Waals surface area contributed by atoms with Gasteiger partial charge in [-0.1, -0.05) is 33.6 Å². The van der Waals surface area contributed by atoms with E-state index in [1.165, 1.54) is 0 Å². The second-order valence-corrected chi connectivity index (χ2v) is 7.08. The number of nitrogens with zero attached hydrogens (tertiary/aromatic N) is 3. The topological polar surface area (TPSA) is 106 Å². The highest BCUT2D eigenvalue weighted by Gasteiger charge is 2.18. The number of fused-ring (bicyclic) bond motifs is 3. The summed E-state index contributed by atoms with van der Waals surface area (Å²) in [6.07, 6.45) is 6.23. The number of hydrogen-bond donors (Lipinski definition) is 3. The van der Waals surface area contributed by atoms with E-state index in [0.29, 0.717) is 17.9 Å². The number of aromatic nitrogens is 3. The Bertz CT molecular complexity index is 981. The Kier molecular flexibility index (Phi) is 9.05. The number of hydrogen-bond acceptors (Lipinski definition) is 5. The fourth-order valence-electron chi connectivity index (χ4n) is 3.60. The van der Waals surface area contributed by atoms with Gasteiger partial charge in [0, 0.05) is 25.4 Å². The molecule has 4 N–H and O–H groups in total. The number of carboxylic acids is 1. The number of rotatable bonds is 10. The van der Waals surface area contributed by atoms with Crippen molar-refractivity contribution >= 4 is 33.7 Å². The molecule has 7 heteroatoms. The standard InChI is InChI=1S/C21H29N5O2.C2H6/c1-3-4-8-17-25-18-19(26(17)12-7-5-6-11-22)15-10-9-14(21(27)28)13-16(15)24-20(18)23-2;1-2/h9-10,13H,3-8,11-12,22H2,1-2H3,(H,23,24)(H,27,28);1-2H3. The van der Waals surface area contributed by atoms with E-state index in [-0.39, 0.29) is 5.56 Å². The lowest BCUT2D eigenvalue weighted by atomic mass is 10.1. The maximum absolute atomic E-state index is 11.4. The third-order valence-corrected chi connectivity index (χ3v) is 5.08. The third-order valence-electron chi connectivity index (χ3n) is 5.08. The van der Waals surface area contributed by atoms with E-state index in [1.54, 1.807) is 12.1 Å². The van der Waals surface area contributed by atoms with Gasteiger partial charge in [0.1, 0.15) is 11.3 Å². The summed E-state index contributed by atoms with van der Waals surface area (Å²) in [7, 11) is 1.82. The van der Waals surface area contributed by atoms with Crippen LogP contribution in [0.25, 0.3) is 21.9 Å². The van der Waals surface area contributed by atoms with Crippen LogP contribution in [0.5, 0.6) is 0 Å². The molecule has 0 spiro atoms. The van der Waals surface area contributed by atoms with Crippen molar-refractivity contribution in [3.63, 3.8) is 0 Å². The quantitative estimate of drug-likeness (QED) is 0.411. The molecule has 0 amide bonds. The van der Waals surface area contributed by atoms with Crippen LogP contribution in [-0.4, -0.2) is 39.2 Å². The molecule has 2 aromatic heterocycles. The van der Waals surface area contributed by atoms with E-state index >= 15 is 0 Å². The molecular formula is C23H35N5O2. The van der Waals surface area contributed by atoms with Crippen LogP contribution in [0.3, 0.4) is 0 Å². The first-order valence-electron chi connectivity index (χ1n) is 11.0. The summed E-state index contributed by atoms with van der Waals surface area (Å²) in [6, 6.07) is 5.13. The van der Waals surface area contributed by atoms with Gasteiger partial charge in [-0.15, -0.1) is 0 Å². The van der Waals surface area contributed by atoms with Crippen LogP contribution < -0.4 is 11.1 Å². The summed E-state index contributed by atoms with van der Waals surface area (Å²) in [4.78, 5) is 21.0. The van der Waals surface area contributed by atoms with E-state index in [4.69, 9.17) is 10.7 Å². The number of carboxylic acid groups (broad SMARTS) is 1. The second kappa shape index (κ2) is 11.5. The summed E-state index contributed by atoms with van der Waals surface area (Å²) in [5.41, 5.74) is 8.43. The average Bonchev–Trinajstić information content (AvgIpc) is 3.14. The number of nitrogens with two attached hydrogens (primary N) is 1. The molecule has 0 fully saturated rings. The number of nitrogens with one attached hydrogen (secondary N) is 1. The number of imidazole rings is 1. The Hall–Kier alpha value is -2.67. The van der Waals surface area contributed by atoms with Crippen molar-refractivity contribution in [3.8, 4) is 0 Å². The molecule has 7 nitrogen and oxygen atoms in total. The molecule has 164 valence electrons. The Labute approximate surface area is 178 Å². The van der Waals surface area contributed by atoms with Crippen LogP contribution in [-0.2, 0) is 13.0 Å². The van der Waals surface area contributed by atoms with Gasteiger partial charge in [0.25, 0.3) is 0 Å². The van der Waals surface area contributed by atoms with E-state index < -0.39 is 5.97 Å². The Morgan fingerprint density at radius 2 is 1.93 bits per heavy atom. The fraction of sp³-hybridized carbons (Fsp3) is 0.522. The minimum atomic E-state index is -0.950. The average molecular weight is 414 g/mol. The monoisotopic (exact) mass is 413 g/mol. The SMILES string of the molecule is CC.CCCCc1nc2c(NC)nc3cc(C(=O)O)ccc3c2n1CCCCCN. The molecule has 30 heavy (non-hydrogen) atoms. The third kappa shape index (κ3) is 5.08. The number of anilines is 1. The van der Waals surface area contributed by atoms with Gasteiger partial charge in [-0.2, -0.15) is 0 Å². The van der Waals surface area contributed by atoms with Gasteiger partial charge in [0.05, 0.1) is 16.6 Å². The van der Waals surface area contributed by atoms with Crippen molar-refractivity contribution in [2.24, 2.45) is 5.73 Å². The summed E-state index contributed by atoms with van der Waals surface area (Å²) in [5, 5.41) is 13.4.